The summed E-state index contributed by atoms with van der Waals surface area (Å²) in [4.78, 5) is 11.9. The maximum atomic E-state index is 12.8. The fourth-order valence-corrected chi connectivity index (χ4v) is 2.57. The molecule has 0 saturated heterocycles. The van der Waals surface area contributed by atoms with Crippen molar-refractivity contribution in [3.05, 3.63) is 27.8 Å². The van der Waals surface area contributed by atoms with E-state index in [9.17, 15) is 18.0 Å². The predicted molar refractivity (Wildman–Crippen MR) is 80.9 cm³/mol. The molecule has 2 rings (SSSR count). The van der Waals surface area contributed by atoms with Gasteiger partial charge in [-0.2, -0.15) is 23.4 Å². The predicted octanol–water partition coefficient (Wildman–Crippen LogP) is 3.04. The van der Waals surface area contributed by atoms with Crippen LogP contribution in [0.2, 0.25) is 0 Å². The number of hydrogen-bond donors (Lipinski definition) is 1. The molecule has 1 N–H and O–H groups in total. The van der Waals surface area contributed by atoms with Crippen molar-refractivity contribution in [3.8, 4) is 0 Å². The van der Waals surface area contributed by atoms with Gasteiger partial charge < -0.3 is 5.32 Å². The number of hydrogen-bond acceptors (Lipinski definition) is 3. The number of carbonyl (C=O) groups is 1. The Balaban J connectivity index is 2.04. The minimum absolute atomic E-state index is 0.000587. The SMILES string of the molecule is Cc1nn(C)cc1NC(=O)CCn1nc(C(F)(F)F)c(Br)c1C. The minimum atomic E-state index is -4.54. The van der Waals surface area contributed by atoms with Crippen molar-refractivity contribution in [2.45, 2.75) is 33.0 Å². The molecule has 6 nitrogen and oxygen atoms in total. The van der Waals surface area contributed by atoms with Crippen LogP contribution in [0.25, 0.3) is 0 Å². The summed E-state index contributed by atoms with van der Waals surface area (Å²) in [6.45, 7) is 3.31. The first kappa shape index (κ1) is 17.5. The monoisotopic (exact) mass is 393 g/mol. The molecule has 2 aromatic heterocycles. The van der Waals surface area contributed by atoms with Crippen molar-refractivity contribution in [2.75, 3.05) is 5.32 Å². The Labute approximate surface area is 138 Å². The molecule has 2 heterocycles. The molecule has 0 aromatic carbocycles. The van der Waals surface area contributed by atoms with Crippen LogP contribution in [-0.4, -0.2) is 25.5 Å². The molecule has 0 unspecified atom stereocenters. The maximum absolute atomic E-state index is 12.8. The van der Waals surface area contributed by atoms with Gasteiger partial charge in [-0.05, 0) is 29.8 Å². The van der Waals surface area contributed by atoms with Gasteiger partial charge in [0.2, 0.25) is 5.91 Å². The number of nitrogens with one attached hydrogen (secondary N) is 1. The number of rotatable bonds is 4. The van der Waals surface area contributed by atoms with Crippen molar-refractivity contribution in [1.82, 2.24) is 19.6 Å². The third-order valence-corrected chi connectivity index (χ3v) is 4.19. The second-order valence-electron chi connectivity index (χ2n) is 5.07. The van der Waals surface area contributed by atoms with Crippen LogP contribution in [0.4, 0.5) is 18.9 Å². The fourth-order valence-electron chi connectivity index (χ4n) is 2.07. The Hall–Kier alpha value is -1.84. The largest absolute Gasteiger partial charge is 0.436 e. The molecule has 0 fully saturated rings. The Morgan fingerprint density at radius 3 is 2.48 bits per heavy atom. The first-order valence-corrected chi connectivity index (χ1v) is 7.49. The second kappa shape index (κ2) is 6.34. The van der Waals surface area contributed by atoms with E-state index in [0.29, 0.717) is 17.1 Å². The number of carbonyl (C=O) groups excluding carboxylic acids is 1. The summed E-state index contributed by atoms with van der Waals surface area (Å²) < 4.78 is 41.0. The van der Waals surface area contributed by atoms with Crippen LogP contribution in [0.3, 0.4) is 0 Å². The van der Waals surface area contributed by atoms with Crippen LogP contribution in [0.5, 0.6) is 0 Å². The lowest BCUT2D eigenvalue weighted by Gasteiger charge is -2.06. The third kappa shape index (κ3) is 3.92. The van der Waals surface area contributed by atoms with Gasteiger partial charge in [0.1, 0.15) is 0 Å². The van der Waals surface area contributed by atoms with Crippen molar-refractivity contribution < 1.29 is 18.0 Å². The number of aryl methyl sites for hydroxylation is 3. The highest BCUT2D eigenvalue weighted by molar-refractivity contribution is 9.10. The molecule has 0 atom stereocenters. The van der Waals surface area contributed by atoms with E-state index in [1.807, 2.05) is 0 Å². The van der Waals surface area contributed by atoms with E-state index >= 15 is 0 Å². The lowest BCUT2D eigenvalue weighted by Crippen LogP contribution is -2.16. The van der Waals surface area contributed by atoms with Gasteiger partial charge in [0.25, 0.3) is 0 Å². The first-order valence-electron chi connectivity index (χ1n) is 6.69. The lowest BCUT2D eigenvalue weighted by atomic mass is 10.3. The third-order valence-electron chi connectivity index (χ3n) is 3.24. The zero-order valence-corrected chi connectivity index (χ0v) is 14.3. The molecule has 0 bridgehead atoms. The van der Waals surface area contributed by atoms with E-state index < -0.39 is 11.9 Å². The second-order valence-corrected chi connectivity index (χ2v) is 5.86. The van der Waals surface area contributed by atoms with E-state index in [1.165, 1.54) is 11.6 Å². The van der Waals surface area contributed by atoms with Crippen LogP contribution < -0.4 is 5.32 Å². The molecule has 10 heteroatoms. The summed E-state index contributed by atoms with van der Waals surface area (Å²) in [5, 5.41) is 10.3. The van der Waals surface area contributed by atoms with Crippen molar-refractivity contribution in [2.24, 2.45) is 7.05 Å². The average Bonchev–Trinajstić information content (AvgIpc) is 2.88. The Bertz CT molecular complexity index is 735. The van der Waals surface area contributed by atoms with E-state index in [2.05, 4.69) is 31.4 Å². The summed E-state index contributed by atoms with van der Waals surface area (Å²) in [5.74, 6) is -0.319. The van der Waals surface area contributed by atoms with Gasteiger partial charge in [-0.15, -0.1) is 0 Å². The summed E-state index contributed by atoms with van der Waals surface area (Å²) >= 11 is 2.90. The fraction of sp³-hybridized carbons (Fsp3) is 0.462. The van der Waals surface area contributed by atoms with Gasteiger partial charge in [-0.25, -0.2) is 0 Å². The number of anilines is 1. The number of nitrogens with zero attached hydrogens (tertiary/aromatic N) is 4. The van der Waals surface area contributed by atoms with Gasteiger partial charge >= 0.3 is 6.18 Å². The number of alkyl halides is 3. The quantitative estimate of drug-likeness (QED) is 0.867. The molecule has 0 radical (unpaired) electrons. The number of amides is 1. The van der Waals surface area contributed by atoms with Gasteiger partial charge in [0, 0.05) is 19.7 Å². The Kier molecular flexibility index (Phi) is 4.83. The lowest BCUT2D eigenvalue weighted by molar-refractivity contribution is -0.142. The number of aromatic nitrogens is 4. The smallest absolute Gasteiger partial charge is 0.323 e. The summed E-state index contributed by atoms with van der Waals surface area (Å²) in [6, 6.07) is 0. The Morgan fingerprint density at radius 2 is 2.00 bits per heavy atom. The van der Waals surface area contributed by atoms with Crippen molar-refractivity contribution in [1.29, 1.82) is 0 Å². The molecule has 0 aliphatic heterocycles. The van der Waals surface area contributed by atoms with Crippen molar-refractivity contribution in [3.63, 3.8) is 0 Å². The molecule has 0 saturated carbocycles. The van der Waals surface area contributed by atoms with Crippen LogP contribution in [-0.2, 0) is 24.6 Å². The molecule has 1 amide bonds. The summed E-state index contributed by atoms with van der Waals surface area (Å²) in [7, 11) is 1.73. The zero-order valence-electron chi connectivity index (χ0n) is 12.7. The average molecular weight is 394 g/mol. The van der Waals surface area contributed by atoms with E-state index in [4.69, 9.17) is 0 Å². The standard InChI is InChI=1S/C13H15BrF3N5O/c1-7-9(6-21(3)19-7)18-10(23)4-5-22-8(2)11(14)12(20-22)13(15,16)17/h6H,4-5H2,1-3H3,(H,18,23). The highest BCUT2D eigenvalue weighted by Gasteiger charge is 2.37. The normalized spacial score (nSPS) is 11.8. The van der Waals surface area contributed by atoms with Gasteiger partial charge in [0.05, 0.1) is 28.1 Å². The highest BCUT2D eigenvalue weighted by Crippen LogP contribution is 2.35. The van der Waals surface area contributed by atoms with Crippen LogP contribution in [0.1, 0.15) is 23.5 Å². The zero-order chi connectivity index (χ0) is 17.4. The van der Waals surface area contributed by atoms with Gasteiger partial charge in [0.15, 0.2) is 5.69 Å². The first-order chi connectivity index (χ1) is 10.6. The molecular weight excluding hydrogens is 379 g/mol. The molecule has 0 spiro atoms. The van der Waals surface area contributed by atoms with Gasteiger partial charge in [-0.3, -0.25) is 14.2 Å². The van der Waals surface area contributed by atoms with Crippen LogP contribution in [0.15, 0.2) is 10.7 Å². The highest BCUT2D eigenvalue weighted by atomic mass is 79.9. The minimum Gasteiger partial charge on any atom is -0.323 e. The van der Waals surface area contributed by atoms with E-state index in [0.717, 1.165) is 0 Å². The molecular formula is C13H15BrF3N5O. The van der Waals surface area contributed by atoms with Gasteiger partial charge in [-0.1, -0.05) is 0 Å². The summed E-state index contributed by atoms with van der Waals surface area (Å²) in [6.07, 6.45) is -2.88. The molecule has 2 aromatic rings. The van der Waals surface area contributed by atoms with E-state index in [-0.39, 0.29) is 23.3 Å². The maximum Gasteiger partial charge on any atom is 0.436 e. The molecule has 0 aliphatic rings. The molecule has 126 valence electrons. The van der Waals surface area contributed by atoms with Crippen LogP contribution in [0, 0.1) is 13.8 Å². The molecule has 23 heavy (non-hydrogen) atoms. The van der Waals surface area contributed by atoms with Crippen molar-refractivity contribution >= 4 is 27.5 Å². The Morgan fingerprint density at radius 1 is 1.35 bits per heavy atom. The van der Waals surface area contributed by atoms with Crippen LogP contribution >= 0.6 is 15.9 Å². The topological polar surface area (TPSA) is 64.7 Å². The number of halogens is 4. The molecule has 0 aliphatic carbocycles. The summed E-state index contributed by atoms with van der Waals surface area (Å²) in [5.41, 5.74) is 0.575. The van der Waals surface area contributed by atoms with E-state index in [1.54, 1.807) is 24.9 Å².